The van der Waals surface area contributed by atoms with E-state index in [4.69, 9.17) is 0 Å². The Morgan fingerprint density at radius 3 is 2.18 bits per heavy atom. The van der Waals surface area contributed by atoms with Crippen molar-refractivity contribution in [3.05, 3.63) is 58.9 Å². The molecule has 1 aromatic carbocycles. The molecule has 0 fully saturated rings. The van der Waals surface area contributed by atoms with Gasteiger partial charge in [-0.2, -0.15) is 0 Å². The fourth-order valence-electron chi connectivity index (χ4n) is 1.49. The van der Waals surface area contributed by atoms with Crippen molar-refractivity contribution in [2.24, 2.45) is 5.92 Å². The van der Waals surface area contributed by atoms with Gasteiger partial charge in [-0.05, 0) is 18.1 Å². The Labute approximate surface area is 112 Å². The number of hydrogen-bond acceptors (Lipinski definition) is 2. The Balaban J connectivity index is 2.31. The average molecular weight is 260 g/mol. The zero-order valence-electron chi connectivity index (χ0n) is 10.1. The van der Waals surface area contributed by atoms with Gasteiger partial charge < -0.3 is 0 Å². The lowest BCUT2D eigenvalue weighted by atomic mass is 10.2. The SMILES string of the molecule is C=CC1=C(/C=C\C(C)C)Sc2ccccc2S1. The van der Waals surface area contributed by atoms with Gasteiger partial charge in [0.05, 0.1) is 0 Å². The highest BCUT2D eigenvalue weighted by Crippen LogP contribution is 2.47. The van der Waals surface area contributed by atoms with Gasteiger partial charge in [0.15, 0.2) is 0 Å². The van der Waals surface area contributed by atoms with E-state index in [9.17, 15) is 0 Å². The van der Waals surface area contributed by atoms with E-state index >= 15 is 0 Å². The van der Waals surface area contributed by atoms with Crippen molar-refractivity contribution >= 4 is 23.5 Å². The molecule has 88 valence electrons. The summed E-state index contributed by atoms with van der Waals surface area (Å²) in [5.41, 5.74) is 0. The molecular formula is C15H16S2. The Morgan fingerprint density at radius 2 is 1.65 bits per heavy atom. The summed E-state index contributed by atoms with van der Waals surface area (Å²) in [5, 5.41) is 0. The van der Waals surface area contributed by atoms with Gasteiger partial charge in [0.25, 0.3) is 0 Å². The maximum Gasteiger partial charge on any atom is 0.0262 e. The molecule has 1 aromatic rings. The highest BCUT2D eigenvalue weighted by atomic mass is 32.2. The zero-order valence-corrected chi connectivity index (χ0v) is 11.8. The maximum atomic E-state index is 3.91. The fraction of sp³-hybridized carbons (Fsp3) is 0.200. The first-order chi connectivity index (χ1) is 8.20. The van der Waals surface area contributed by atoms with E-state index in [0.717, 1.165) is 0 Å². The predicted molar refractivity (Wildman–Crippen MR) is 79.4 cm³/mol. The monoisotopic (exact) mass is 260 g/mol. The van der Waals surface area contributed by atoms with Gasteiger partial charge in [0, 0.05) is 19.6 Å². The number of fused-ring (bicyclic) bond motifs is 1. The third-order valence-electron chi connectivity index (χ3n) is 2.35. The fourth-order valence-corrected chi connectivity index (χ4v) is 3.68. The first-order valence-corrected chi connectivity index (χ1v) is 7.33. The van der Waals surface area contributed by atoms with Crippen LogP contribution in [-0.2, 0) is 0 Å². The Morgan fingerprint density at radius 1 is 1.06 bits per heavy atom. The van der Waals surface area contributed by atoms with E-state index in [0.29, 0.717) is 5.92 Å². The van der Waals surface area contributed by atoms with Crippen molar-refractivity contribution in [3.8, 4) is 0 Å². The first-order valence-electron chi connectivity index (χ1n) is 5.70. The summed E-state index contributed by atoms with van der Waals surface area (Å²) < 4.78 is 0. The van der Waals surface area contributed by atoms with Gasteiger partial charge in [0.1, 0.15) is 0 Å². The number of rotatable bonds is 3. The minimum Gasteiger partial charge on any atom is -0.0979 e. The summed E-state index contributed by atoms with van der Waals surface area (Å²) >= 11 is 3.64. The van der Waals surface area contributed by atoms with E-state index in [1.165, 1.54) is 19.6 Å². The molecule has 17 heavy (non-hydrogen) atoms. The second-order valence-corrected chi connectivity index (χ2v) is 6.35. The van der Waals surface area contributed by atoms with Crippen molar-refractivity contribution in [2.45, 2.75) is 23.6 Å². The lowest BCUT2D eigenvalue weighted by molar-refractivity contribution is 0.831. The van der Waals surface area contributed by atoms with Crippen LogP contribution in [0.4, 0.5) is 0 Å². The molecule has 0 bridgehead atoms. The molecule has 0 nitrogen and oxygen atoms in total. The molecule has 0 aliphatic carbocycles. The van der Waals surface area contributed by atoms with E-state index in [2.05, 4.69) is 56.8 Å². The molecular weight excluding hydrogens is 244 g/mol. The normalized spacial score (nSPS) is 15.5. The van der Waals surface area contributed by atoms with Crippen molar-refractivity contribution in [1.82, 2.24) is 0 Å². The molecule has 0 saturated heterocycles. The average Bonchev–Trinajstić information content (AvgIpc) is 2.35. The molecule has 0 atom stereocenters. The van der Waals surface area contributed by atoms with Crippen molar-refractivity contribution in [1.29, 1.82) is 0 Å². The standard InChI is InChI=1S/C15H16S2/c1-4-12-15(10-9-11(2)3)17-14-8-6-5-7-13(14)16-12/h4-11H,1H2,2-3H3/b10-9-. The van der Waals surface area contributed by atoms with Gasteiger partial charge in [-0.3, -0.25) is 0 Å². The van der Waals surface area contributed by atoms with Crippen LogP contribution in [0.15, 0.2) is 68.7 Å². The lowest BCUT2D eigenvalue weighted by Gasteiger charge is -2.18. The Kier molecular flexibility index (Phi) is 4.19. The summed E-state index contributed by atoms with van der Waals surface area (Å²) in [6.07, 6.45) is 6.41. The number of allylic oxidation sites excluding steroid dienone is 3. The molecule has 0 amide bonds. The second-order valence-electron chi connectivity index (χ2n) is 4.19. The third-order valence-corrected chi connectivity index (χ3v) is 4.94. The van der Waals surface area contributed by atoms with Crippen LogP contribution >= 0.6 is 23.5 Å². The minimum atomic E-state index is 0.580. The van der Waals surface area contributed by atoms with Crippen LogP contribution in [0.2, 0.25) is 0 Å². The Hall–Kier alpha value is -0.860. The Bertz CT molecular complexity index is 481. The van der Waals surface area contributed by atoms with Crippen LogP contribution < -0.4 is 0 Å². The highest BCUT2D eigenvalue weighted by Gasteiger charge is 2.15. The molecule has 1 aliphatic heterocycles. The molecule has 2 rings (SSSR count). The van der Waals surface area contributed by atoms with Gasteiger partial charge in [-0.25, -0.2) is 0 Å². The molecule has 0 radical (unpaired) electrons. The number of thioether (sulfide) groups is 2. The van der Waals surface area contributed by atoms with Crippen molar-refractivity contribution in [2.75, 3.05) is 0 Å². The molecule has 1 heterocycles. The molecule has 0 N–H and O–H groups in total. The van der Waals surface area contributed by atoms with E-state index < -0.39 is 0 Å². The summed E-state index contributed by atoms with van der Waals surface area (Å²) in [6.45, 7) is 8.30. The number of hydrogen-bond donors (Lipinski definition) is 0. The summed E-state index contributed by atoms with van der Waals surface area (Å²) in [7, 11) is 0. The van der Waals surface area contributed by atoms with Crippen LogP contribution in [0.25, 0.3) is 0 Å². The van der Waals surface area contributed by atoms with Gasteiger partial charge in [0.2, 0.25) is 0 Å². The summed E-state index contributed by atoms with van der Waals surface area (Å²) in [6, 6.07) is 8.52. The smallest absolute Gasteiger partial charge is 0.0262 e. The first kappa shape index (κ1) is 12.6. The minimum absolute atomic E-state index is 0.580. The van der Waals surface area contributed by atoms with E-state index in [1.54, 1.807) is 11.8 Å². The molecule has 0 saturated carbocycles. The third kappa shape index (κ3) is 3.08. The largest absolute Gasteiger partial charge is 0.0979 e. The maximum absolute atomic E-state index is 3.91. The quantitative estimate of drug-likeness (QED) is 0.704. The molecule has 0 aromatic heterocycles. The predicted octanol–water partition coefficient (Wildman–Crippen LogP) is 5.49. The topological polar surface area (TPSA) is 0 Å². The summed E-state index contributed by atoms with van der Waals surface area (Å²) in [5.74, 6) is 0.580. The van der Waals surface area contributed by atoms with Crippen LogP contribution in [0, 0.1) is 5.92 Å². The second kappa shape index (κ2) is 5.65. The number of benzene rings is 1. The summed E-state index contributed by atoms with van der Waals surface area (Å²) in [4.78, 5) is 5.23. The van der Waals surface area contributed by atoms with Crippen molar-refractivity contribution in [3.63, 3.8) is 0 Å². The van der Waals surface area contributed by atoms with Crippen molar-refractivity contribution < 1.29 is 0 Å². The molecule has 0 spiro atoms. The molecule has 2 heteroatoms. The molecule has 0 unspecified atom stereocenters. The molecule has 1 aliphatic rings. The van der Waals surface area contributed by atoms with E-state index in [-0.39, 0.29) is 0 Å². The van der Waals surface area contributed by atoms with Crippen LogP contribution in [0.5, 0.6) is 0 Å². The van der Waals surface area contributed by atoms with Crippen LogP contribution in [0.1, 0.15) is 13.8 Å². The van der Waals surface area contributed by atoms with Gasteiger partial charge >= 0.3 is 0 Å². The highest BCUT2D eigenvalue weighted by molar-refractivity contribution is 8.09. The van der Waals surface area contributed by atoms with E-state index in [1.807, 2.05) is 17.8 Å². The zero-order chi connectivity index (χ0) is 12.3. The van der Waals surface area contributed by atoms with Crippen LogP contribution in [0.3, 0.4) is 0 Å². The lowest BCUT2D eigenvalue weighted by Crippen LogP contribution is -1.90. The van der Waals surface area contributed by atoms with Gasteiger partial charge in [-0.1, -0.05) is 74.3 Å². The van der Waals surface area contributed by atoms with Crippen LogP contribution in [-0.4, -0.2) is 0 Å². The van der Waals surface area contributed by atoms with Gasteiger partial charge in [-0.15, -0.1) is 0 Å².